The molecular weight excluding hydrogens is 1340 g/mol. The molecule has 3 heterocycles. The summed E-state index contributed by atoms with van der Waals surface area (Å²) in [6.07, 6.45) is 4.45. The highest BCUT2D eigenvalue weighted by atomic mass is 33.1. The number of aromatic amines is 1. The van der Waals surface area contributed by atoms with Crippen LogP contribution in [0.2, 0.25) is 0 Å². The number of aromatic hydroxyl groups is 1. The first-order valence-corrected chi connectivity index (χ1v) is 36.4. The number of nitrogens with two attached hydrogens (primary N) is 4. The minimum Gasteiger partial charge on any atom is -0.508 e. The Morgan fingerprint density at radius 2 is 1.36 bits per heavy atom. The molecule has 20 N–H and O–H groups in total. The number of phenols is 1. The zero-order valence-corrected chi connectivity index (χ0v) is 58.1. The number of likely N-dealkylation sites (tertiary alicyclic amines) is 1. The summed E-state index contributed by atoms with van der Waals surface area (Å²) in [5.41, 5.74) is 25.3. The van der Waals surface area contributed by atoms with E-state index >= 15 is 14.4 Å². The van der Waals surface area contributed by atoms with Crippen LogP contribution in [-0.4, -0.2) is 196 Å². The van der Waals surface area contributed by atoms with Crippen LogP contribution in [-0.2, 0) is 76.8 Å². The standard InChI is InChI=1S/C68H94N16O15S2/c1-99-44-24-20-40(21-25-44)34-50-62(93)77-47(15-9-31-74-68(71)72)60(91)73-30-8-2-3-17-55(86)76-51(35-42-36-75-46-14-7-6-13-45(42)46)64(95)78-48(26-27-57(88)89)61(92)81-52(59(70)90)37-100-101-38-53(65(96)83-58(67(98)80-50)41-11-4-5-12-41)82-63(94)49(33-39-18-22-43(85)23-19-39)79-66(97)54-16-10-32-84(54)56(87)28-29-69/h6-7,13-14,18-25,36,41,47-54,58,75,85H,2-5,8-12,15-17,26-35,37-38,69H2,1H3,(H2,70,90)(H,73,91)(H,76,86)(H,77,93)(H,78,95)(H,79,97)(H,80,98)(H,81,92)(H,82,94)(H,83,96)(H,88,89)(H4,71,72,74)/t47-,48-,49-,50-,51-,52-,53-,54-,58-/m0/s1. The van der Waals surface area contributed by atoms with Gasteiger partial charge in [-0.3, -0.25) is 62.5 Å². The number of carboxylic acid groups (broad SMARTS) is 1. The second-order valence-corrected chi connectivity index (χ2v) is 27.8. The number of carbonyl (C=O) groups excluding carboxylic acids is 11. The molecular formula is C68H94N16O15S2. The zero-order chi connectivity index (χ0) is 73.0. The Kier molecular flexibility index (Phi) is 31.2. The van der Waals surface area contributed by atoms with Crippen molar-refractivity contribution in [3.63, 3.8) is 0 Å². The monoisotopic (exact) mass is 1440 g/mol. The Labute approximate surface area is 592 Å². The second-order valence-electron chi connectivity index (χ2n) is 25.2. The van der Waals surface area contributed by atoms with Gasteiger partial charge in [-0.2, -0.15) is 0 Å². The van der Waals surface area contributed by atoms with Gasteiger partial charge in [0.2, 0.25) is 65.0 Å². The Hall–Kier alpha value is -9.63. The molecule has 7 rings (SSSR count). The molecule has 4 aromatic rings. The van der Waals surface area contributed by atoms with Crippen LogP contribution in [0.3, 0.4) is 0 Å². The van der Waals surface area contributed by atoms with Crippen molar-refractivity contribution < 1.29 is 72.5 Å². The van der Waals surface area contributed by atoms with Crippen molar-refractivity contribution >= 4 is 109 Å². The van der Waals surface area contributed by atoms with Crippen molar-refractivity contribution in [2.24, 2.45) is 33.8 Å². The number of nitrogens with zero attached hydrogens (tertiary/aromatic N) is 2. The highest BCUT2D eigenvalue weighted by Gasteiger charge is 2.40. The van der Waals surface area contributed by atoms with E-state index < -0.39 is 138 Å². The smallest absolute Gasteiger partial charge is 0.303 e. The number of benzene rings is 3. The summed E-state index contributed by atoms with van der Waals surface area (Å²) in [5.74, 6) is -10.6. The number of carbonyl (C=O) groups is 12. The lowest BCUT2D eigenvalue weighted by Gasteiger charge is -2.30. The van der Waals surface area contributed by atoms with Crippen LogP contribution >= 0.6 is 21.6 Å². The number of phenolic OH excluding ortho intramolecular Hbond substituents is 1. The highest BCUT2D eigenvalue weighted by Crippen LogP contribution is 2.30. The van der Waals surface area contributed by atoms with E-state index in [0.29, 0.717) is 73.8 Å². The number of hydrogen-bond donors (Lipinski definition) is 16. The fourth-order valence-corrected chi connectivity index (χ4v) is 14.6. The first kappa shape index (κ1) is 78.7. The summed E-state index contributed by atoms with van der Waals surface area (Å²) < 4.78 is 5.38. The molecule has 0 unspecified atom stereocenters. The number of fused-ring (bicyclic) bond motifs is 1. The summed E-state index contributed by atoms with van der Waals surface area (Å²) in [7, 11) is 3.34. The average Bonchev–Trinajstić information content (AvgIpc) is 1.76. The summed E-state index contributed by atoms with van der Waals surface area (Å²) in [6.45, 7) is 0.496. The predicted octanol–water partition coefficient (Wildman–Crippen LogP) is -0.206. The molecule has 31 nitrogen and oxygen atoms in total. The van der Waals surface area contributed by atoms with Gasteiger partial charge in [0, 0.05) is 93.3 Å². The van der Waals surface area contributed by atoms with Crippen molar-refractivity contribution in [3.05, 3.63) is 95.7 Å². The lowest BCUT2D eigenvalue weighted by atomic mass is 9.95. The normalized spacial score (nSPS) is 22.7. The molecule has 0 radical (unpaired) electrons. The number of H-pyrrole nitrogens is 1. The lowest BCUT2D eigenvalue weighted by molar-refractivity contribution is -0.139. The third-order valence-corrected chi connectivity index (χ3v) is 20.2. The van der Waals surface area contributed by atoms with Crippen molar-refractivity contribution in [2.45, 2.75) is 170 Å². The van der Waals surface area contributed by atoms with Gasteiger partial charge in [-0.1, -0.05) is 83.3 Å². The SMILES string of the molecule is COc1ccc(C[C@@H]2NC(=O)[C@H](C3CCCC3)NC(=O)[C@@H](NC(=O)[C@H](Cc3ccc(O)cc3)NC(=O)[C@@H]3CCCN3C(=O)CCN)CSSC[C@@H](C(N)=O)NC(=O)[C@H](CCC(=O)O)NC(=O)[C@H](Cc3c[nH]c4ccccc34)NC(=O)CCCCCNC(=O)[C@H](CCCN=C(N)N)NC2=O)cc1. The number of hydrogen-bond acceptors (Lipinski definition) is 18. The van der Waals surface area contributed by atoms with Gasteiger partial charge in [0.05, 0.1) is 7.11 Å². The third kappa shape index (κ3) is 24.9. The Bertz CT molecular complexity index is 3550. The van der Waals surface area contributed by atoms with E-state index in [9.17, 15) is 53.4 Å². The molecule has 3 fully saturated rings. The molecule has 0 bridgehead atoms. The van der Waals surface area contributed by atoms with Gasteiger partial charge >= 0.3 is 5.97 Å². The van der Waals surface area contributed by atoms with Gasteiger partial charge in [0.1, 0.15) is 65.9 Å². The van der Waals surface area contributed by atoms with E-state index in [0.717, 1.165) is 32.5 Å². The van der Waals surface area contributed by atoms with Crippen molar-refractivity contribution in [3.8, 4) is 11.5 Å². The number of guanidine groups is 1. The number of ether oxygens (including phenoxy) is 1. The molecule has 11 amide bonds. The molecule has 2 aliphatic heterocycles. The summed E-state index contributed by atoms with van der Waals surface area (Å²) in [4.78, 5) is 178. The molecule has 33 heteroatoms. The van der Waals surface area contributed by atoms with E-state index in [-0.39, 0.29) is 107 Å². The van der Waals surface area contributed by atoms with E-state index in [1.807, 2.05) is 18.2 Å². The molecule has 3 aliphatic rings. The van der Waals surface area contributed by atoms with Crippen molar-refractivity contribution in [2.75, 3.05) is 44.8 Å². The summed E-state index contributed by atoms with van der Waals surface area (Å²) in [6, 6.07) is 7.48. The minimum atomic E-state index is -1.59. The number of rotatable bonds is 22. The number of aliphatic imine (C=N–C) groups is 1. The number of carboxylic acids is 1. The van der Waals surface area contributed by atoms with Crippen LogP contribution in [0.5, 0.6) is 11.5 Å². The quantitative estimate of drug-likeness (QED) is 0.0210. The zero-order valence-electron chi connectivity index (χ0n) is 56.5. The number of primary amides is 1. The average molecular weight is 1440 g/mol. The fraction of sp³-hybridized carbons (Fsp3) is 0.515. The number of methoxy groups -OCH3 is 1. The Balaban J connectivity index is 1.24. The topological polar surface area (TPSA) is 498 Å². The molecule has 9 atom stereocenters. The van der Waals surface area contributed by atoms with E-state index in [1.165, 1.54) is 36.3 Å². The number of nitrogens with one attached hydrogen (secondary N) is 10. The fourth-order valence-electron chi connectivity index (χ4n) is 12.3. The summed E-state index contributed by atoms with van der Waals surface area (Å²) in [5, 5.41) is 45.6. The minimum absolute atomic E-state index is 0.0276. The maximum absolute atomic E-state index is 15.3. The highest BCUT2D eigenvalue weighted by molar-refractivity contribution is 8.76. The predicted molar refractivity (Wildman–Crippen MR) is 379 cm³/mol. The van der Waals surface area contributed by atoms with E-state index in [1.54, 1.807) is 36.5 Å². The molecule has 1 aromatic heterocycles. The van der Waals surface area contributed by atoms with Gasteiger partial charge in [0.15, 0.2) is 5.96 Å². The molecule has 2 saturated heterocycles. The van der Waals surface area contributed by atoms with Gasteiger partial charge < -0.3 is 95.6 Å². The maximum Gasteiger partial charge on any atom is 0.303 e. The molecule has 3 aromatic carbocycles. The van der Waals surface area contributed by atoms with Crippen LogP contribution in [0.15, 0.2) is 84.0 Å². The molecule has 101 heavy (non-hydrogen) atoms. The van der Waals surface area contributed by atoms with Crippen LogP contribution in [0.1, 0.15) is 113 Å². The molecule has 0 spiro atoms. The molecule has 548 valence electrons. The van der Waals surface area contributed by atoms with Crippen molar-refractivity contribution in [1.29, 1.82) is 0 Å². The maximum atomic E-state index is 15.3. The Morgan fingerprint density at radius 3 is 2.04 bits per heavy atom. The number of aromatic nitrogens is 1. The second kappa shape index (κ2) is 40.0. The first-order chi connectivity index (χ1) is 48.5. The molecule has 1 aliphatic carbocycles. The van der Waals surface area contributed by atoms with E-state index in [4.69, 9.17) is 27.7 Å². The Morgan fingerprint density at radius 1 is 0.693 bits per heavy atom. The van der Waals surface area contributed by atoms with Crippen LogP contribution in [0, 0.1) is 5.92 Å². The van der Waals surface area contributed by atoms with Crippen molar-refractivity contribution in [1.82, 2.24) is 57.7 Å². The largest absolute Gasteiger partial charge is 0.508 e. The van der Waals surface area contributed by atoms with Gasteiger partial charge in [-0.15, -0.1) is 0 Å². The van der Waals surface area contributed by atoms with Gasteiger partial charge in [0.25, 0.3) is 0 Å². The number of amides is 11. The van der Waals surface area contributed by atoms with E-state index in [2.05, 4.69) is 57.8 Å². The first-order valence-electron chi connectivity index (χ1n) is 34.0. The van der Waals surface area contributed by atoms with Crippen LogP contribution in [0.4, 0.5) is 0 Å². The van der Waals surface area contributed by atoms with Gasteiger partial charge in [-0.05, 0) is 111 Å². The number of para-hydroxylation sites is 1. The van der Waals surface area contributed by atoms with Gasteiger partial charge in [-0.25, -0.2) is 0 Å². The third-order valence-electron chi connectivity index (χ3n) is 17.8. The number of aliphatic carboxylic acids is 1. The lowest BCUT2D eigenvalue weighted by Crippen LogP contribution is -2.61. The summed E-state index contributed by atoms with van der Waals surface area (Å²) >= 11 is 0. The molecule has 1 saturated carbocycles. The van der Waals surface area contributed by atoms with Crippen LogP contribution in [0.25, 0.3) is 10.9 Å². The van der Waals surface area contributed by atoms with Crippen LogP contribution < -0.4 is 75.5 Å².